The molecule has 1 aromatic rings. The molecule has 2 saturated heterocycles. The minimum absolute atomic E-state index is 0.247. The van der Waals surface area contributed by atoms with E-state index >= 15 is 0 Å². The van der Waals surface area contributed by atoms with Crippen molar-refractivity contribution in [3.63, 3.8) is 0 Å². The number of nitrogens with zero attached hydrogens (tertiary/aromatic N) is 2. The standard InChI is InChI=1S/C11H17N3O3S/c1-6(18(2,15)16)10-13-11(17-14-10)8-5-7-3-4-9(8)12-7/h6-9,12H,3-5H2,1-2H3. The number of hydrogen-bond donors (Lipinski definition) is 1. The largest absolute Gasteiger partial charge is 0.339 e. The molecule has 100 valence electrons. The molecule has 3 heterocycles. The Morgan fingerprint density at radius 2 is 2.22 bits per heavy atom. The molecule has 0 aromatic carbocycles. The van der Waals surface area contributed by atoms with Gasteiger partial charge in [-0.1, -0.05) is 5.16 Å². The zero-order valence-corrected chi connectivity index (χ0v) is 11.3. The molecule has 0 radical (unpaired) electrons. The Balaban J connectivity index is 1.82. The number of hydrogen-bond acceptors (Lipinski definition) is 6. The van der Waals surface area contributed by atoms with Gasteiger partial charge in [0.25, 0.3) is 0 Å². The summed E-state index contributed by atoms with van der Waals surface area (Å²) < 4.78 is 28.2. The second-order valence-corrected chi connectivity index (χ2v) is 7.72. The van der Waals surface area contributed by atoms with Crippen molar-refractivity contribution in [2.75, 3.05) is 6.26 Å². The fraction of sp³-hybridized carbons (Fsp3) is 0.818. The van der Waals surface area contributed by atoms with Crippen LogP contribution in [0.2, 0.25) is 0 Å². The molecule has 1 N–H and O–H groups in total. The highest BCUT2D eigenvalue weighted by Crippen LogP contribution is 2.39. The van der Waals surface area contributed by atoms with Crippen LogP contribution in [0.25, 0.3) is 0 Å². The molecule has 7 heteroatoms. The van der Waals surface area contributed by atoms with Gasteiger partial charge in [-0.05, 0) is 26.2 Å². The Morgan fingerprint density at radius 3 is 2.78 bits per heavy atom. The summed E-state index contributed by atoms with van der Waals surface area (Å²) in [5, 5.41) is 6.61. The summed E-state index contributed by atoms with van der Waals surface area (Å²) in [5.74, 6) is 1.10. The Kier molecular flexibility index (Phi) is 2.71. The second-order valence-electron chi connectivity index (χ2n) is 5.35. The molecule has 0 aliphatic carbocycles. The maximum absolute atomic E-state index is 11.5. The van der Waals surface area contributed by atoms with Gasteiger partial charge in [-0.15, -0.1) is 0 Å². The zero-order valence-electron chi connectivity index (χ0n) is 10.5. The molecule has 0 saturated carbocycles. The second kappa shape index (κ2) is 4.03. The third-order valence-corrected chi connectivity index (χ3v) is 5.58. The molecule has 2 aliphatic rings. The van der Waals surface area contributed by atoms with Crippen molar-refractivity contribution in [3.05, 3.63) is 11.7 Å². The Labute approximate surface area is 106 Å². The van der Waals surface area contributed by atoms with E-state index in [1.165, 1.54) is 12.7 Å². The van der Waals surface area contributed by atoms with E-state index in [2.05, 4.69) is 15.5 Å². The first kappa shape index (κ1) is 12.1. The van der Waals surface area contributed by atoms with Crippen molar-refractivity contribution >= 4 is 9.84 Å². The summed E-state index contributed by atoms with van der Waals surface area (Å²) in [6, 6.07) is 0.972. The first-order valence-corrected chi connectivity index (χ1v) is 8.19. The summed E-state index contributed by atoms with van der Waals surface area (Å²) in [4.78, 5) is 4.28. The third-order valence-electron chi connectivity index (χ3n) is 4.08. The van der Waals surface area contributed by atoms with Crippen molar-refractivity contribution in [3.8, 4) is 0 Å². The SMILES string of the molecule is CC(c1noc(C2CC3CCC2N3)n1)S(C)(=O)=O. The molecular formula is C11H17N3O3S. The first-order valence-electron chi connectivity index (χ1n) is 6.23. The topological polar surface area (TPSA) is 85.1 Å². The lowest BCUT2D eigenvalue weighted by atomic mass is 9.89. The van der Waals surface area contributed by atoms with Gasteiger partial charge in [-0.2, -0.15) is 4.98 Å². The van der Waals surface area contributed by atoms with Gasteiger partial charge in [0, 0.05) is 18.3 Å². The highest BCUT2D eigenvalue weighted by molar-refractivity contribution is 7.90. The molecule has 1 aromatic heterocycles. The molecule has 0 amide bonds. The summed E-state index contributed by atoms with van der Waals surface area (Å²) in [5.41, 5.74) is 0. The fourth-order valence-corrected chi connectivity index (χ4v) is 3.33. The monoisotopic (exact) mass is 271 g/mol. The van der Waals surface area contributed by atoms with Crippen molar-refractivity contribution in [2.45, 2.75) is 49.4 Å². The van der Waals surface area contributed by atoms with Gasteiger partial charge in [0.2, 0.25) is 5.89 Å². The zero-order chi connectivity index (χ0) is 12.9. The van der Waals surface area contributed by atoms with E-state index in [1.54, 1.807) is 6.92 Å². The van der Waals surface area contributed by atoms with Crippen LogP contribution >= 0.6 is 0 Å². The molecule has 18 heavy (non-hydrogen) atoms. The summed E-state index contributed by atoms with van der Waals surface area (Å²) in [6.45, 7) is 1.59. The van der Waals surface area contributed by atoms with Crippen molar-refractivity contribution < 1.29 is 12.9 Å². The van der Waals surface area contributed by atoms with Gasteiger partial charge in [-0.3, -0.25) is 0 Å². The van der Waals surface area contributed by atoms with Gasteiger partial charge < -0.3 is 9.84 Å². The summed E-state index contributed by atoms with van der Waals surface area (Å²) >= 11 is 0. The number of fused-ring (bicyclic) bond motifs is 2. The van der Waals surface area contributed by atoms with Crippen molar-refractivity contribution in [1.82, 2.24) is 15.5 Å². The number of aromatic nitrogens is 2. The number of nitrogens with one attached hydrogen (secondary N) is 1. The van der Waals surface area contributed by atoms with E-state index in [4.69, 9.17) is 4.52 Å². The lowest BCUT2D eigenvalue weighted by Crippen LogP contribution is -2.21. The van der Waals surface area contributed by atoms with E-state index in [0.717, 1.165) is 12.8 Å². The van der Waals surface area contributed by atoms with Crippen LogP contribution in [0, 0.1) is 0 Å². The van der Waals surface area contributed by atoms with Crippen molar-refractivity contribution in [1.29, 1.82) is 0 Å². The third kappa shape index (κ3) is 1.95. The van der Waals surface area contributed by atoms with E-state index in [-0.39, 0.29) is 11.7 Å². The molecule has 2 aliphatic heterocycles. The smallest absolute Gasteiger partial charge is 0.231 e. The summed E-state index contributed by atoms with van der Waals surface area (Å²) in [6.07, 6.45) is 4.54. The van der Waals surface area contributed by atoms with E-state index in [1.807, 2.05) is 0 Å². The maximum Gasteiger partial charge on any atom is 0.231 e. The minimum atomic E-state index is -3.18. The molecule has 4 unspecified atom stereocenters. The van der Waals surface area contributed by atoms with Crippen LogP contribution in [0.5, 0.6) is 0 Å². The molecule has 6 nitrogen and oxygen atoms in total. The first-order chi connectivity index (χ1) is 8.45. The maximum atomic E-state index is 11.5. The van der Waals surface area contributed by atoms with E-state index < -0.39 is 15.1 Å². The number of sulfone groups is 1. The van der Waals surface area contributed by atoms with E-state index in [9.17, 15) is 8.42 Å². The van der Waals surface area contributed by atoms with Crippen molar-refractivity contribution in [2.24, 2.45) is 0 Å². The van der Waals surface area contributed by atoms with E-state index in [0.29, 0.717) is 18.0 Å². The average molecular weight is 271 g/mol. The molecular weight excluding hydrogens is 254 g/mol. The van der Waals surface area contributed by atoms with Crippen LogP contribution < -0.4 is 5.32 Å². The quantitative estimate of drug-likeness (QED) is 0.874. The molecule has 2 fully saturated rings. The highest BCUT2D eigenvalue weighted by atomic mass is 32.2. The molecule has 0 spiro atoms. The highest BCUT2D eigenvalue weighted by Gasteiger charge is 2.42. The van der Waals surface area contributed by atoms with Crippen LogP contribution in [0.4, 0.5) is 0 Å². The lowest BCUT2D eigenvalue weighted by Gasteiger charge is -2.15. The van der Waals surface area contributed by atoms with Crippen LogP contribution in [-0.4, -0.2) is 36.9 Å². The molecule has 3 rings (SSSR count). The average Bonchev–Trinajstić information content (AvgIpc) is 3.02. The van der Waals surface area contributed by atoms with Gasteiger partial charge in [0.15, 0.2) is 15.7 Å². The van der Waals surface area contributed by atoms with Gasteiger partial charge >= 0.3 is 0 Å². The Bertz CT molecular complexity index is 554. The molecule has 2 bridgehead atoms. The Hall–Kier alpha value is -0.950. The van der Waals surface area contributed by atoms with Crippen LogP contribution in [0.1, 0.15) is 49.1 Å². The summed E-state index contributed by atoms with van der Waals surface area (Å²) in [7, 11) is -3.18. The van der Waals surface area contributed by atoms with Crippen LogP contribution in [0.3, 0.4) is 0 Å². The van der Waals surface area contributed by atoms with Gasteiger partial charge in [0.1, 0.15) is 5.25 Å². The van der Waals surface area contributed by atoms with Crippen LogP contribution in [-0.2, 0) is 9.84 Å². The predicted octanol–water partition coefficient (Wildman–Crippen LogP) is 0.783. The molecule has 4 atom stereocenters. The fourth-order valence-electron chi connectivity index (χ4n) is 2.85. The number of rotatable bonds is 3. The lowest BCUT2D eigenvalue weighted by molar-refractivity contribution is 0.327. The van der Waals surface area contributed by atoms with Gasteiger partial charge in [0.05, 0.1) is 5.92 Å². The normalized spacial score (nSPS) is 32.9. The van der Waals surface area contributed by atoms with Crippen LogP contribution in [0.15, 0.2) is 4.52 Å². The predicted molar refractivity (Wildman–Crippen MR) is 64.9 cm³/mol. The van der Waals surface area contributed by atoms with Gasteiger partial charge in [-0.25, -0.2) is 8.42 Å². The minimum Gasteiger partial charge on any atom is -0.339 e. The Morgan fingerprint density at radius 1 is 1.44 bits per heavy atom.